The van der Waals surface area contributed by atoms with Crippen molar-refractivity contribution >= 4 is 81.1 Å². The quantitative estimate of drug-likeness (QED) is 0.148. The fourth-order valence-electron chi connectivity index (χ4n) is 10.3. The van der Waals surface area contributed by atoms with Crippen LogP contribution in [0.1, 0.15) is 0 Å². The molecule has 0 atom stereocenters. The van der Waals surface area contributed by atoms with E-state index < -0.39 is 0 Å². The highest BCUT2D eigenvalue weighted by Crippen LogP contribution is 2.43. The predicted octanol–water partition coefficient (Wildman–Crippen LogP) is 18.4. The van der Waals surface area contributed by atoms with Gasteiger partial charge in [-0.05, 0) is 128 Å². The van der Waals surface area contributed by atoms with E-state index in [2.05, 4.69) is 264 Å². The summed E-state index contributed by atoms with van der Waals surface area (Å²) in [6.07, 6.45) is 0. The van der Waals surface area contributed by atoms with Crippen LogP contribution in [0, 0.1) is 0 Å². The molecule has 67 heavy (non-hydrogen) atoms. The van der Waals surface area contributed by atoms with E-state index in [1.165, 1.54) is 97.3 Å². The van der Waals surface area contributed by atoms with Gasteiger partial charge in [-0.3, -0.25) is 0 Å². The summed E-state index contributed by atoms with van der Waals surface area (Å²) in [6, 6.07) is 93.1. The van der Waals surface area contributed by atoms with Gasteiger partial charge >= 0.3 is 0 Å². The van der Waals surface area contributed by atoms with Crippen molar-refractivity contribution in [3.8, 4) is 50.2 Å². The monoisotopic (exact) mass is 870 g/mol. The van der Waals surface area contributed by atoms with Crippen molar-refractivity contribution in [3.63, 3.8) is 0 Å². The maximum Gasteiger partial charge on any atom is 0.0541 e. The van der Waals surface area contributed by atoms with Gasteiger partial charge in [0.25, 0.3) is 0 Å². The predicted molar refractivity (Wildman–Crippen MR) is 288 cm³/mol. The number of anilines is 3. The van der Waals surface area contributed by atoms with Crippen LogP contribution in [-0.2, 0) is 0 Å². The first kappa shape index (κ1) is 38.9. The van der Waals surface area contributed by atoms with E-state index >= 15 is 0 Å². The molecule has 11 aromatic carbocycles. The normalized spacial score (nSPS) is 11.6. The Labute approximate surface area is 393 Å². The van der Waals surface area contributed by atoms with Crippen molar-refractivity contribution < 1.29 is 0 Å². The molecule has 314 valence electrons. The summed E-state index contributed by atoms with van der Waals surface area (Å²) in [5.41, 5.74) is 16.5. The molecule has 13 rings (SSSR count). The summed E-state index contributed by atoms with van der Waals surface area (Å²) < 4.78 is 5.02. The number of rotatable bonds is 8. The van der Waals surface area contributed by atoms with Crippen molar-refractivity contribution in [1.82, 2.24) is 4.57 Å². The lowest BCUT2D eigenvalue weighted by molar-refractivity contribution is 1.18. The van der Waals surface area contributed by atoms with Gasteiger partial charge in [0.2, 0.25) is 0 Å². The second-order valence-electron chi connectivity index (χ2n) is 17.2. The van der Waals surface area contributed by atoms with Crippen LogP contribution in [0.25, 0.3) is 103 Å². The van der Waals surface area contributed by atoms with Crippen molar-refractivity contribution in [3.05, 3.63) is 255 Å². The van der Waals surface area contributed by atoms with Crippen LogP contribution in [0.15, 0.2) is 255 Å². The minimum absolute atomic E-state index is 1.09. The van der Waals surface area contributed by atoms with E-state index in [0.29, 0.717) is 0 Å². The van der Waals surface area contributed by atoms with Crippen LogP contribution in [0.2, 0.25) is 0 Å². The van der Waals surface area contributed by atoms with Gasteiger partial charge < -0.3 is 9.47 Å². The van der Waals surface area contributed by atoms with Crippen LogP contribution >= 0.6 is 11.3 Å². The molecule has 13 aromatic rings. The maximum absolute atomic E-state index is 2.39. The molecule has 2 nitrogen and oxygen atoms in total. The standard InChI is InChI=1S/C64H42N2S/c1-2-14-44(15-3-1)53-23-11-16-47-17-12-24-54(63(47)53)45-32-38-50(39-33-45)65(51-40-34-46(35-41-51)55-25-13-29-62-64(55)58-22-6-9-28-61(58)67-62)49-36-30-43(31-37-49)48-18-10-19-52(42-48)66-59-26-7-4-20-56(59)57-21-5-8-27-60(57)66/h1-42H. The Morgan fingerprint density at radius 2 is 0.746 bits per heavy atom. The highest BCUT2D eigenvalue weighted by atomic mass is 32.1. The summed E-state index contributed by atoms with van der Waals surface area (Å²) in [6.45, 7) is 0. The Bertz CT molecular complexity index is 3900. The average molecular weight is 871 g/mol. The maximum atomic E-state index is 2.39. The molecule has 0 aliphatic carbocycles. The Balaban J connectivity index is 0.903. The second kappa shape index (κ2) is 16.2. The molecule has 0 amide bonds. The number of hydrogen-bond donors (Lipinski definition) is 0. The molecule has 0 fully saturated rings. The Hall–Kier alpha value is -8.50. The number of nitrogens with zero attached hydrogens (tertiary/aromatic N) is 2. The summed E-state index contributed by atoms with van der Waals surface area (Å²) in [5.74, 6) is 0. The zero-order valence-corrected chi connectivity index (χ0v) is 37.4. The van der Waals surface area contributed by atoms with E-state index in [1.807, 2.05) is 11.3 Å². The van der Waals surface area contributed by atoms with Crippen LogP contribution in [0.5, 0.6) is 0 Å². The van der Waals surface area contributed by atoms with Crippen LogP contribution in [0.4, 0.5) is 17.1 Å². The Morgan fingerprint density at radius 3 is 1.36 bits per heavy atom. The van der Waals surface area contributed by atoms with Crippen LogP contribution in [0.3, 0.4) is 0 Å². The highest BCUT2D eigenvalue weighted by Gasteiger charge is 2.18. The molecular weight excluding hydrogens is 829 g/mol. The van der Waals surface area contributed by atoms with E-state index in [-0.39, 0.29) is 0 Å². The minimum atomic E-state index is 1.09. The topological polar surface area (TPSA) is 8.17 Å². The molecule has 0 N–H and O–H groups in total. The molecule has 0 bridgehead atoms. The molecule has 0 spiro atoms. The van der Waals surface area contributed by atoms with Crippen molar-refractivity contribution in [2.45, 2.75) is 0 Å². The van der Waals surface area contributed by atoms with Gasteiger partial charge in [0.05, 0.1) is 11.0 Å². The lowest BCUT2D eigenvalue weighted by Gasteiger charge is -2.26. The van der Waals surface area contributed by atoms with Gasteiger partial charge in [0.15, 0.2) is 0 Å². The number of benzene rings is 11. The molecule has 0 unspecified atom stereocenters. The molecule has 0 aliphatic heterocycles. The zero-order valence-electron chi connectivity index (χ0n) is 36.6. The molecule has 2 heterocycles. The molecule has 0 radical (unpaired) electrons. The third-order valence-electron chi connectivity index (χ3n) is 13.4. The first-order chi connectivity index (χ1) is 33.2. The fourth-order valence-corrected chi connectivity index (χ4v) is 11.4. The van der Waals surface area contributed by atoms with Gasteiger partial charge in [0, 0.05) is 53.7 Å². The molecule has 0 saturated heterocycles. The third-order valence-corrected chi connectivity index (χ3v) is 14.5. The lowest BCUT2D eigenvalue weighted by atomic mass is 9.91. The highest BCUT2D eigenvalue weighted by molar-refractivity contribution is 7.25. The number of para-hydroxylation sites is 2. The SMILES string of the molecule is c1ccc(-c2cccc3cccc(-c4ccc(N(c5ccc(-c6cccc(-n7c8ccccc8c8ccccc87)c6)cc5)c5ccc(-c6cccc7sc8ccccc8c67)cc5)cc4)c23)cc1. The largest absolute Gasteiger partial charge is 0.311 e. The van der Waals surface area contributed by atoms with Crippen LogP contribution in [-0.4, -0.2) is 4.57 Å². The molecular formula is C64H42N2S. The Morgan fingerprint density at radius 1 is 0.299 bits per heavy atom. The third kappa shape index (κ3) is 6.71. The lowest BCUT2D eigenvalue weighted by Crippen LogP contribution is -2.09. The number of hydrogen-bond acceptors (Lipinski definition) is 2. The smallest absolute Gasteiger partial charge is 0.0541 e. The van der Waals surface area contributed by atoms with E-state index in [9.17, 15) is 0 Å². The molecule has 0 saturated carbocycles. The molecule has 0 aliphatic rings. The number of fused-ring (bicyclic) bond motifs is 7. The Kier molecular flexibility index (Phi) is 9.40. The molecule has 3 heteroatoms. The van der Waals surface area contributed by atoms with E-state index in [4.69, 9.17) is 0 Å². The zero-order chi connectivity index (χ0) is 44.3. The van der Waals surface area contributed by atoms with Crippen molar-refractivity contribution in [1.29, 1.82) is 0 Å². The summed E-state index contributed by atoms with van der Waals surface area (Å²) >= 11 is 1.86. The first-order valence-corrected chi connectivity index (χ1v) is 23.7. The summed E-state index contributed by atoms with van der Waals surface area (Å²) in [4.78, 5) is 2.38. The minimum Gasteiger partial charge on any atom is -0.311 e. The first-order valence-electron chi connectivity index (χ1n) is 22.9. The van der Waals surface area contributed by atoms with Gasteiger partial charge in [-0.2, -0.15) is 0 Å². The van der Waals surface area contributed by atoms with E-state index in [0.717, 1.165) is 22.7 Å². The average Bonchev–Trinajstić information content (AvgIpc) is 3.96. The van der Waals surface area contributed by atoms with Crippen molar-refractivity contribution in [2.24, 2.45) is 0 Å². The van der Waals surface area contributed by atoms with Gasteiger partial charge in [-0.1, -0.05) is 182 Å². The summed E-state index contributed by atoms with van der Waals surface area (Å²) in [7, 11) is 0. The summed E-state index contributed by atoms with van der Waals surface area (Å²) in [5, 5.41) is 7.66. The fraction of sp³-hybridized carbons (Fsp3) is 0. The van der Waals surface area contributed by atoms with E-state index in [1.54, 1.807) is 0 Å². The van der Waals surface area contributed by atoms with Gasteiger partial charge in [-0.15, -0.1) is 11.3 Å². The van der Waals surface area contributed by atoms with Crippen LogP contribution < -0.4 is 4.90 Å². The number of aromatic nitrogens is 1. The van der Waals surface area contributed by atoms with Gasteiger partial charge in [0.1, 0.15) is 0 Å². The van der Waals surface area contributed by atoms with Gasteiger partial charge in [-0.25, -0.2) is 0 Å². The van der Waals surface area contributed by atoms with Crippen molar-refractivity contribution in [2.75, 3.05) is 4.90 Å². The number of thiophene rings is 1. The molecule has 2 aromatic heterocycles. The second-order valence-corrected chi connectivity index (χ2v) is 18.3.